The first-order chi connectivity index (χ1) is 9.13. The zero-order valence-electron chi connectivity index (χ0n) is 11.6. The molecular weight excluding hydrogens is 242 g/mol. The van der Waals surface area contributed by atoms with Gasteiger partial charge in [0, 0.05) is 6.42 Å². The number of piperidine rings is 1. The molecule has 0 aromatic heterocycles. The Morgan fingerprint density at radius 2 is 2.32 bits per heavy atom. The smallest absolute Gasteiger partial charge is 0.344 e. The summed E-state index contributed by atoms with van der Waals surface area (Å²) < 4.78 is 10.9. The molecule has 1 heterocycles. The van der Waals surface area contributed by atoms with Crippen molar-refractivity contribution in [1.29, 1.82) is 0 Å². The van der Waals surface area contributed by atoms with Crippen LogP contribution in [0.2, 0.25) is 0 Å². The standard InChI is InChI=1S/C15H21NO3/c1-12-5-3-6-13(9-12)18-11-15(17)19-14-7-4-8-16(2)10-14/h3,5-6,9,14H,4,7-8,10-11H2,1-2H3/p+1. The summed E-state index contributed by atoms with van der Waals surface area (Å²) in [5.41, 5.74) is 1.11. The van der Waals surface area contributed by atoms with Gasteiger partial charge in [-0.2, -0.15) is 0 Å². The maximum absolute atomic E-state index is 11.7. The number of likely N-dealkylation sites (N-methyl/N-ethyl adjacent to an activating group) is 1. The molecule has 1 aromatic carbocycles. The van der Waals surface area contributed by atoms with Gasteiger partial charge < -0.3 is 14.4 Å². The summed E-state index contributed by atoms with van der Waals surface area (Å²) in [5.74, 6) is 0.435. The second-order valence-corrected chi connectivity index (χ2v) is 5.27. The highest BCUT2D eigenvalue weighted by Crippen LogP contribution is 2.12. The summed E-state index contributed by atoms with van der Waals surface area (Å²) in [5, 5.41) is 0. The van der Waals surface area contributed by atoms with Crippen LogP contribution >= 0.6 is 0 Å². The normalized spacial score (nSPS) is 22.8. The van der Waals surface area contributed by atoms with Gasteiger partial charge in [-0.15, -0.1) is 0 Å². The quantitative estimate of drug-likeness (QED) is 0.809. The van der Waals surface area contributed by atoms with Crippen molar-refractivity contribution in [2.75, 3.05) is 26.7 Å². The molecule has 2 atom stereocenters. The van der Waals surface area contributed by atoms with Crippen molar-refractivity contribution in [3.63, 3.8) is 0 Å². The Morgan fingerprint density at radius 3 is 3.05 bits per heavy atom. The summed E-state index contributed by atoms with van der Waals surface area (Å²) in [6.45, 7) is 4.04. The molecule has 2 rings (SSSR count). The van der Waals surface area contributed by atoms with E-state index < -0.39 is 0 Å². The molecule has 1 aliphatic rings. The zero-order chi connectivity index (χ0) is 13.7. The third-order valence-electron chi connectivity index (χ3n) is 3.35. The first kappa shape index (κ1) is 13.9. The van der Waals surface area contributed by atoms with Crippen LogP contribution in [0.5, 0.6) is 5.75 Å². The largest absolute Gasteiger partial charge is 0.482 e. The molecule has 4 nitrogen and oxygen atoms in total. The van der Waals surface area contributed by atoms with Crippen molar-refractivity contribution in [3.8, 4) is 5.75 Å². The lowest BCUT2D eigenvalue weighted by Gasteiger charge is -2.26. The minimum Gasteiger partial charge on any atom is -0.482 e. The summed E-state index contributed by atoms with van der Waals surface area (Å²) >= 11 is 0. The first-order valence-corrected chi connectivity index (χ1v) is 6.84. The van der Waals surface area contributed by atoms with Gasteiger partial charge in [-0.3, -0.25) is 0 Å². The summed E-state index contributed by atoms with van der Waals surface area (Å²) in [4.78, 5) is 13.1. The predicted molar refractivity (Wildman–Crippen MR) is 72.4 cm³/mol. The lowest BCUT2D eigenvalue weighted by atomic mass is 10.1. The maximum Gasteiger partial charge on any atom is 0.344 e. The van der Waals surface area contributed by atoms with E-state index in [1.165, 1.54) is 4.90 Å². The Hall–Kier alpha value is -1.55. The van der Waals surface area contributed by atoms with E-state index in [2.05, 4.69) is 7.05 Å². The van der Waals surface area contributed by atoms with Crippen molar-refractivity contribution in [3.05, 3.63) is 29.8 Å². The van der Waals surface area contributed by atoms with E-state index in [9.17, 15) is 4.79 Å². The number of rotatable bonds is 4. The highest BCUT2D eigenvalue weighted by molar-refractivity contribution is 5.71. The SMILES string of the molecule is Cc1cccc(OCC(=O)OC2CCC[NH+](C)C2)c1. The van der Waals surface area contributed by atoms with Crippen molar-refractivity contribution in [2.45, 2.75) is 25.9 Å². The molecular formula is C15H22NO3+. The Labute approximate surface area is 114 Å². The summed E-state index contributed by atoms with van der Waals surface area (Å²) in [6, 6.07) is 7.66. The van der Waals surface area contributed by atoms with E-state index >= 15 is 0 Å². The number of nitrogens with one attached hydrogen (secondary N) is 1. The Kier molecular flexibility index (Phi) is 4.80. The number of carbonyl (C=O) groups excluding carboxylic acids is 1. The van der Waals surface area contributed by atoms with Gasteiger partial charge in [0.05, 0.1) is 13.6 Å². The molecule has 0 aliphatic carbocycles. The number of hydrogen-bond donors (Lipinski definition) is 1. The van der Waals surface area contributed by atoms with Crippen LogP contribution in [-0.4, -0.2) is 38.8 Å². The van der Waals surface area contributed by atoms with Crippen LogP contribution < -0.4 is 9.64 Å². The fraction of sp³-hybridized carbons (Fsp3) is 0.533. The van der Waals surface area contributed by atoms with E-state index in [1.807, 2.05) is 31.2 Å². The molecule has 1 aliphatic heterocycles. The highest BCUT2D eigenvalue weighted by Gasteiger charge is 2.23. The third-order valence-corrected chi connectivity index (χ3v) is 3.35. The van der Waals surface area contributed by atoms with Crippen LogP contribution in [0.4, 0.5) is 0 Å². The second kappa shape index (κ2) is 6.57. The van der Waals surface area contributed by atoms with Gasteiger partial charge in [0.2, 0.25) is 0 Å². The summed E-state index contributed by atoms with van der Waals surface area (Å²) in [6.07, 6.45) is 2.12. The van der Waals surface area contributed by atoms with Crippen LogP contribution in [0.3, 0.4) is 0 Å². The monoisotopic (exact) mass is 264 g/mol. The van der Waals surface area contributed by atoms with Crippen LogP contribution in [0.1, 0.15) is 18.4 Å². The summed E-state index contributed by atoms with van der Waals surface area (Å²) in [7, 11) is 2.13. The van der Waals surface area contributed by atoms with Crippen molar-refractivity contribution in [1.82, 2.24) is 0 Å². The van der Waals surface area contributed by atoms with E-state index in [0.29, 0.717) is 5.75 Å². The Balaban J connectivity index is 1.75. The molecule has 4 heteroatoms. The lowest BCUT2D eigenvalue weighted by molar-refractivity contribution is -0.888. The number of quaternary nitrogens is 1. The van der Waals surface area contributed by atoms with Gasteiger partial charge in [-0.1, -0.05) is 12.1 Å². The van der Waals surface area contributed by atoms with E-state index in [1.54, 1.807) is 0 Å². The number of benzene rings is 1. The number of ether oxygens (including phenoxy) is 2. The molecule has 1 saturated heterocycles. The first-order valence-electron chi connectivity index (χ1n) is 6.84. The fourth-order valence-electron chi connectivity index (χ4n) is 2.39. The number of hydrogen-bond acceptors (Lipinski definition) is 3. The Bertz CT molecular complexity index is 433. The van der Waals surface area contributed by atoms with Crippen LogP contribution in [0.25, 0.3) is 0 Å². The zero-order valence-corrected chi connectivity index (χ0v) is 11.6. The van der Waals surface area contributed by atoms with Gasteiger partial charge in [0.25, 0.3) is 0 Å². The molecule has 0 radical (unpaired) electrons. The molecule has 0 spiro atoms. The van der Waals surface area contributed by atoms with Crippen molar-refractivity contribution in [2.24, 2.45) is 0 Å². The molecule has 19 heavy (non-hydrogen) atoms. The van der Waals surface area contributed by atoms with Crippen LogP contribution in [0.15, 0.2) is 24.3 Å². The molecule has 0 bridgehead atoms. The van der Waals surface area contributed by atoms with Gasteiger partial charge in [-0.05, 0) is 31.0 Å². The lowest BCUT2D eigenvalue weighted by Crippen LogP contribution is -3.11. The highest BCUT2D eigenvalue weighted by atomic mass is 16.6. The number of likely N-dealkylation sites (tertiary alicyclic amines) is 1. The predicted octanol–water partition coefficient (Wildman–Crippen LogP) is 0.594. The molecule has 1 N–H and O–H groups in total. The van der Waals surface area contributed by atoms with Crippen LogP contribution in [-0.2, 0) is 9.53 Å². The van der Waals surface area contributed by atoms with E-state index in [0.717, 1.165) is 31.5 Å². The molecule has 1 aromatic rings. The van der Waals surface area contributed by atoms with Gasteiger partial charge in [0.15, 0.2) is 12.7 Å². The van der Waals surface area contributed by atoms with Gasteiger partial charge >= 0.3 is 5.97 Å². The minimum absolute atomic E-state index is 0.0149. The second-order valence-electron chi connectivity index (χ2n) is 5.27. The number of aryl methyl sites for hydroxylation is 1. The molecule has 0 amide bonds. The fourth-order valence-corrected chi connectivity index (χ4v) is 2.39. The van der Waals surface area contributed by atoms with E-state index in [-0.39, 0.29) is 18.7 Å². The topological polar surface area (TPSA) is 40.0 Å². The van der Waals surface area contributed by atoms with Gasteiger partial charge in [0.1, 0.15) is 12.3 Å². The maximum atomic E-state index is 11.7. The van der Waals surface area contributed by atoms with Crippen molar-refractivity contribution >= 4 is 5.97 Å². The molecule has 2 unspecified atom stereocenters. The molecule has 0 saturated carbocycles. The van der Waals surface area contributed by atoms with E-state index in [4.69, 9.17) is 9.47 Å². The minimum atomic E-state index is -0.277. The van der Waals surface area contributed by atoms with Gasteiger partial charge in [-0.25, -0.2) is 4.79 Å². The third kappa shape index (κ3) is 4.56. The molecule has 1 fully saturated rings. The number of esters is 1. The van der Waals surface area contributed by atoms with Crippen LogP contribution in [0, 0.1) is 6.92 Å². The molecule has 104 valence electrons. The Morgan fingerprint density at radius 1 is 1.47 bits per heavy atom. The number of carbonyl (C=O) groups is 1. The average Bonchev–Trinajstić information content (AvgIpc) is 2.36. The van der Waals surface area contributed by atoms with Crippen molar-refractivity contribution < 1.29 is 19.2 Å². The average molecular weight is 264 g/mol.